The van der Waals surface area contributed by atoms with Crippen molar-refractivity contribution in [3.05, 3.63) is 90.0 Å². The molecule has 0 saturated carbocycles. The van der Waals surface area contributed by atoms with Gasteiger partial charge in [-0.3, -0.25) is 0 Å². The first-order chi connectivity index (χ1) is 15.4. The molecule has 1 saturated heterocycles. The highest BCUT2D eigenvalue weighted by atomic mass is 16.6. The quantitative estimate of drug-likeness (QED) is 0.249. The molecule has 1 fully saturated rings. The average molecular weight is 408 g/mol. The number of hydrogen-bond acceptors (Lipinski definition) is 3. The maximum atomic E-state index is 6.09. The topological polar surface area (TPSA) is 31.0 Å². The lowest BCUT2D eigenvalue weighted by molar-refractivity contribution is 0.0883. The van der Waals surface area contributed by atoms with E-state index in [1.54, 1.807) is 0 Å². The van der Waals surface area contributed by atoms with E-state index in [4.69, 9.17) is 14.2 Å². The molecule has 31 heavy (non-hydrogen) atoms. The van der Waals surface area contributed by atoms with Gasteiger partial charge in [-0.15, -0.1) is 0 Å². The van der Waals surface area contributed by atoms with Gasteiger partial charge in [-0.1, -0.05) is 72.8 Å². The van der Waals surface area contributed by atoms with Crippen LogP contribution in [0.25, 0.3) is 33.0 Å². The summed E-state index contributed by atoms with van der Waals surface area (Å²) < 4.78 is 16.9. The van der Waals surface area contributed by atoms with Crippen molar-refractivity contribution in [2.45, 2.75) is 12.5 Å². The zero-order valence-corrected chi connectivity index (χ0v) is 17.3. The van der Waals surface area contributed by atoms with Crippen molar-refractivity contribution in [1.82, 2.24) is 0 Å². The smallest absolute Gasteiger partial charge is 0.127 e. The first-order valence-corrected chi connectivity index (χ1v) is 10.9. The molecule has 154 valence electrons. The van der Waals surface area contributed by atoms with E-state index in [0.29, 0.717) is 25.9 Å². The molecule has 4 aromatic carbocycles. The maximum absolute atomic E-state index is 6.09. The van der Waals surface area contributed by atoms with Crippen LogP contribution in [0.2, 0.25) is 0 Å². The minimum absolute atomic E-state index is 0.291. The van der Waals surface area contributed by atoms with Crippen LogP contribution < -0.4 is 4.74 Å². The highest BCUT2D eigenvalue weighted by Crippen LogP contribution is 2.43. The first kappa shape index (κ1) is 18.6. The van der Waals surface area contributed by atoms with E-state index < -0.39 is 0 Å². The monoisotopic (exact) mass is 408 g/mol. The number of hydrogen-bond donors (Lipinski definition) is 0. The predicted octanol–water partition coefficient (Wildman–Crippen LogP) is 5.87. The average Bonchev–Trinajstić information content (AvgIpc) is 3.56. The van der Waals surface area contributed by atoms with Crippen LogP contribution in [-0.4, -0.2) is 32.5 Å². The summed E-state index contributed by atoms with van der Waals surface area (Å²) in [6, 6.07) is 28.2. The zero-order valence-electron chi connectivity index (χ0n) is 17.3. The maximum Gasteiger partial charge on any atom is 0.127 e. The molecule has 6 rings (SSSR count). The molecule has 3 heteroatoms. The Bertz CT molecular complexity index is 1260. The summed E-state index contributed by atoms with van der Waals surface area (Å²) in [6.07, 6.45) is 1.27. The lowest BCUT2D eigenvalue weighted by Gasteiger charge is -2.15. The van der Waals surface area contributed by atoms with Crippen molar-refractivity contribution in [2.24, 2.45) is 0 Å². The van der Waals surface area contributed by atoms with E-state index in [1.807, 2.05) is 0 Å². The van der Waals surface area contributed by atoms with Gasteiger partial charge in [0.1, 0.15) is 18.5 Å². The van der Waals surface area contributed by atoms with Gasteiger partial charge in [-0.25, -0.2) is 0 Å². The molecule has 4 aromatic rings. The van der Waals surface area contributed by atoms with Crippen molar-refractivity contribution in [3.8, 4) is 28.0 Å². The summed E-state index contributed by atoms with van der Waals surface area (Å²) in [6.45, 7) is 2.58. The summed E-state index contributed by atoms with van der Waals surface area (Å²) >= 11 is 0. The van der Waals surface area contributed by atoms with Crippen LogP contribution in [0.15, 0.2) is 78.9 Å². The van der Waals surface area contributed by atoms with Gasteiger partial charge in [0.25, 0.3) is 0 Å². The molecule has 0 bridgehead atoms. The third kappa shape index (κ3) is 3.50. The van der Waals surface area contributed by atoms with Crippen molar-refractivity contribution in [2.75, 3.05) is 26.4 Å². The minimum atomic E-state index is 0.291. The van der Waals surface area contributed by atoms with Gasteiger partial charge < -0.3 is 14.2 Å². The summed E-state index contributed by atoms with van der Waals surface area (Å²) in [7, 11) is 0. The molecule has 0 radical (unpaired) electrons. The summed E-state index contributed by atoms with van der Waals surface area (Å²) in [5.41, 5.74) is 8.11. The van der Waals surface area contributed by atoms with Crippen LogP contribution in [0.3, 0.4) is 0 Å². The van der Waals surface area contributed by atoms with Crippen LogP contribution in [0.5, 0.6) is 5.75 Å². The predicted molar refractivity (Wildman–Crippen MR) is 124 cm³/mol. The van der Waals surface area contributed by atoms with Gasteiger partial charge >= 0.3 is 0 Å². The van der Waals surface area contributed by atoms with Crippen molar-refractivity contribution >= 4 is 10.8 Å². The van der Waals surface area contributed by atoms with Crippen LogP contribution >= 0.6 is 0 Å². The molecule has 0 N–H and O–H groups in total. The molecule has 1 atom stereocenters. The second-order valence-corrected chi connectivity index (χ2v) is 8.20. The second-order valence-electron chi connectivity index (χ2n) is 8.20. The first-order valence-electron chi connectivity index (χ1n) is 10.9. The van der Waals surface area contributed by atoms with Crippen LogP contribution in [-0.2, 0) is 15.9 Å². The Kier molecular flexibility index (Phi) is 4.71. The molecule has 1 heterocycles. The molecule has 1 aliphatic heterocycles. The Morgan fingerprint density at radius 2 is 1.45 bits per heavy atom. The van der Waals surface area contributed by atoms with Gasteiger partial charge in [0.15, 0.2) is 0 Å². The molecular formula is C28H24O3. The van der Waals surface area contributed by atoms with Gasteiger partial charge in [-0.2, -0.15) is 0 Å². The lowest BCUT2D eigenvalue weighted by Crippen LogP contribution is -2.10. The fourth-order valence-corrected chi connectivity index (χ4v) is 4.63. The normalized spacial score (nSPS) is 16.2. The third-order valence-corrected chi connectivity index (χ3v) is 6.22. The molecule has 0 aromatic heterocycles. The van der Waals surface area contributed by atoms with Gasteiger partial charge in [-0.05, 0) is 51.3 Å². The van der Waals surface area contributed by atoms with E-state index in [2.05, 4.69) is 78.9 Å². The van der Waals surface area contributed by atoms with E-state index in [9.17, 15) is 0 Å². The number of epoxide rings is 1. The van der Waals surface area contributed by atoms with Crippen molar-refractivity contribution < 1.29 is 14.2 Å². The summed E-state index contributed by atoms with van der Waals surface area (Å²) in [5, 5.41) is 2.36. The molecule has 1 unspecified atom stereocenters. The molecule has 0 amide bonds. The van der Waals surface area contributed by atoms with E-state index in [0.717, 1.165) is 24.2 Å². The van der Waals surface area contributed by atoms with Crippen LogP contribution in [0.4, 0.5) is 0 Å². The Labute approximate surface area is 182 Å². The van der Waals surface area contributed by atoms with Crippen LogP contribution in [0, 0.1) is 0 Å². The molecule has 1 aliphatic carbocycles. The Balaban J connectivity index is 1.33. The molecule has 0 spiro atoms. The highest BCUT2D eigenvalue weighted by Gasteiger charge is 2.23. The molecular weight excluding hydrogens is 384 g/mol. The zero-order chi connectivity index (χ0) is 20.6. The van der Waals surface area contributed by atoms with E-state index in [1.165, 1.54) is 38.8 Å². The number of fused-ring (bicyclic) bond motifs is 4. The number of rotatable bonds is 7. The van der Waals surface area contributed by atoms with Crippen molar-refractivity contribution in [3.63, 3.8) is 0 Å². The SMILES string of the molecule is c1ccc2c(c1)Cc1c-2cccc1-c1ccc(OCCOCC2CO2)c2ccccc12. The van der Waals surface area contributed by atoms with Crippen molar-refractivity contribution in [1.29, 1.82) is 0 Å². The van der Waals surface area contributed by atoms with Gasteiger partial charge in [0.2, 0.25) is 0 Å². The number of benzene rings is 4. The second kappa shape index (κ2) is 7.84. The fourth-order valence-electron chi connectivity index (χ4n) is 4.63. The van der Waals surface area contributed by atoms with Gasteiger partial charge in [0.05, 0.1) is 19.8 Å². The molecule has 2 aliphatic rings. The third-order valence-electron chi connectivity index (χ3n) is 6.22. The molecule has 3 nitrogen and oxygen atoms in total. The Hall–Kier alpha value is -3.14. The Morgan fingerprint density at radius 3 is 2.32 bits per heavy atom. The summed E-state index contributed by atoms with van der Waals surface area (Å²) in [4.78, 5) is 0. The van der Waals surface area contributed by atoms with Crippen LogP contribution in [0.1, 0.15) is 11.1 Å². The highest BCUT2D eigenvalue weighted by molar-refractivity contribution is 6.02. The number of ether oxygens (including phenoxy) is 3. The lowest BCUT2D eigenvalue weighted by atomic mass is 9.92. The Morgan fingerprint density at radius 1 is 0.710 bits per heavy atom. The standard InChI is InChI=1S/C28H24O3/c1-2-7-21-19(6-1)16-27-22(21)10-5-11-24(27)25-12-13-28(26-9-4-3-8-23(25)26)30-15-14-29-17-20-18-31-20/h1-13,20H,14-18H2. The fraction of sp³-hybridized carbons (Fsp3) is 0.214. The van der Waals surface area contributed by atoms with E-state index >= 15 is 0 Å². The largest absolute Gasteiger partial charge is 0.491 e. The minimum Gasteiger partial charge on any atom is -0.491 e. The van der Waals surface area contributed by atoms with E-state index in [-0.39, 0.29) is 0 Å². The van der Waals surface area contributed by atoms with Gasteiger partial charge in [0, 0.05) is 5.39 Å². The summed E-state index contributed by atoms with van der Waals surface area (Å²) in [5.74, 6) is 0.904.